The van der Waals surface area contributed by atoms with Gasteiger partial charge in [-0.15, -0.1) is 0 Å². The highest BCUT2D eigenvalue weighted by Gasteiger charge is 2.31. The number of carbonyl (C=O) groups is 1. The van der Waals surface area contributed by atoms with Gasteiger partial charge in [0.25, 0.3) is 5.56 Å². The Morgan fingerprint density at radius 1 is 1.42 bits per heavy atom. The molecule has 0 fully saturated rings. The van der Waals surface area contributed by atoms with Gasteiger partial charge < -0.3 is 5.32 Å². The van der Waals surface area contributed by atoms with Gasteiger partial charge >= 0.3 is 0 Å². The summed E-state index contributed by atoms with van der Waals surface area (Å²) in [7, 11) is 0. The van der Waals surface area contributed by atoms with Crippen LogP contribution in [0.15, 0.2) is 34.2 Å². The summed E-state index contributed by atoms with van der Waals surface area (Å²) in [5, 5.41) is 3.40. The molecule has 1 aliphatic carbocycles. The molecule has 0 spiro atoms. The Kier molecular flexibility index (Phi) is 3.88. The molecule has 2 aromatic rings. The van der Waals surface area contributed by atoms with E-state index in [-0.39, 0.29) is 23.9 Å². The van der Waals surface area contributed by atoms with E-state index in [1.54, 1.807) is 16.7 Å². The lowest BCUT2D eigenvalue weighted by Crippen LogP contribution is -2.30. The molecule has 2 aliphatic rings. The summed E-state index contributed by atoms with van der Waals surface area (Å²) in [6.07, 6.45) is 2.78. The largest absolute Gasteiger partial charge is 0.326 e. The number of benzene rings is 1. The van der Waals surface area contributed by atoms with Gasteiger partial charge in [0.15, 0.2) is 5.16 Å². The van der Waals surface area contributed by atoms with Crippen LogP contribution in [0.1, 0.15) is 30.1 Å². The number of aryl methyl sites for hydroxylation is 1. The van der Waals surface area contributed by atoms with Crippen molar-refractivity contribution in [1.29, 1.82) is 0 Å². The zero-order chi connectivity index (χ0) is 16.7. The number of amides is 1. The van der Waals surface area contributed by atoms with Crippen LogP contribution in [0.3, 0.4) is 0 Å². The fraction of sp³-hybridized carbons (Fsp3) is 0.353. The molecule has 7 heteroatoms. The van der Waals surface area contributed by atoms with Crippen molar-refractivity contribution in [2.24, 2.45) is 0 Å². The van der Waals surface area contributed by atoms with Gasteiger partial charge in [-0.3, -0.25) is 14.2 Å². The van der Waals surface area contributed by atoms with Crippen molar-refractivity contribution in [2.45, 2.75) is 36.9 Å². The Morgan fingerprint density at radius 2 is 2.29 bits per heavy atom. The second-order valence-electron chi connectivity index (χ2n) is 6.08. The molecule has 24 heavy (non-hydrogen) atoms. The number of hydrogen-bond acceptors (Lipinski definition) is 4. The normalized spacial score (nSPS) is 18.3. The molecule has 4 rings (SSSR count). The molecule has 1 N–H and O–H groups in total. The van der Waals surface area contributed by atoms with Gasteiger partial charge in [-0.05, 0) is 37.5 Å². The molecule has 1 aromatic heterocycles. The number of nitrogens with one attached hydrogen (secondary N) is 1. The number of thioether (sulfide) groups is 1. The number of hydrogen-bond donors (Lipinski definition) is 1. The smallest absolute Gasteiger partial charge is 0.257 e. The third-order valence-corrected chi connectivity index (χ3v) is 5.50. The van der Waals surface area contributed by atoms with Crippen LogP contribution in [0.4, 0.5) is 10.1 Å². The van der Waals surface area contributed by atoms with Gasteiger partial charge in [-0.25, -0.2) is 9.37 Å². The Labute approximate surface area is 142 Å². The van der Waals surface area contributed by atoms with E-state index >= 15 is 0 Å². The minimum absolute atomic E-state index is 0.000977. The van der Waals surface area contributed by atoms with Gasteiger partial charge in [0.1, 0.15) is 5.82 Å². The monoisotopic (exact) mass is 345 g/mol. The summed E-state index contributed by atoms with van der Waals surface area (Å²) in [5.41, 5.74) is 2.15. The van der Waals surface area contributed by atoms with Gasteiger partial charge in [-0.2, -0.15) is 0 Å². The summed E-state index contributed by atoms with van der Waals surface area (Å²) in [4.78, 5) is 29.5. The minimum Gasteiger partial charge on any atom is -0.326 e. The Hall–Kier alpha value is -2.15. The van der Waals surface area contributed by atoms with Crippen LogP contribution in [0.5, 0.6) is 0 Å². The Bertz CT molecular complexity index is 881. The third kappa shape index (κ3) is 2.73. The topological polar surface area (TPSA) is 64.0 Å². The minimum atomic E-state index is -0.398. The standard InChI is InChI=1S/C17H16FN3O2S/c18-10-3-1-4-11(7-10)19-15(22)8-12-9-24-17-20-14-6-2-5-13(14)16(23)21(12)17/h1,3-4,7,12H,2,5-6,8-9H2,(H,19,22). The van der Waals surface area contributed by atoms with Crippen LogP contribution in [-0.2, 0) is 17.6 Å². The maximum Gasteiger partial charge on any atom is 0.257 e. The summed E-state index contributed by atoms with van der Waals surface area (Å²) in [5.74, 6) is 0.0267. The fourth-order valence-electron chi connectivity index (χ4n) is 3.29. The maximum absolute atomic E-state index is 13.2. The van der Waals surface area contributed by atoms with Crippen molar-refractivity contribution in [1.82, 2.24) is 9.55 Å². The van der Waals surface area contributed by atoms with Crippen molar-refractivity contribution >= 4 is 23.4 Å². The number of aromatic nitrogens is 2. The predicted octanol–water partition coefficient (Wildman–Crippen LogP) is 2.55. The van der Waals surface area contributed by atoms with Gasteiger partial charge in [0, 0.05) is 23.4 Å². The fourth-order valence-corrected chi connectivity index (χ4v) is 4.45. The first-order valence-electron chi connectivity index (χ1n) is 7.94. The van der Waals surface area contributed by atoms with Crippen LogP contribution < -0.4 is 10.9 Å². The van der Waals surface area contributed by atoms with Crippen molar-refractivity contribution in [3.05, 3.63) is 51.7 Å². The molecule has 0 saturated carbocycles. The van der Waals surface area contributed by atoms with Gasteiger partial charge in [0.2, 0.25) is 5.91 Å². The van der Waals surface area contributed by atoms with E-state index in [1.165, 1.54) is 23.9 Å². The Morgan fingerprint density at radius 3 is 3.12 bits per heavy atom. The van der Waals surface area contributed by atoms with E-state index in [2.05, 4.69) is 10.3 Å². The van der Waals surface area contributed by atoms with Crippen molar-refractivity contribution in [3.8, 4) is 0 Å². The molecule has 1 aliphatic heterocycles. The molecule has 0 bridgehead atoms. The summed E-state index contributed by atoms with van der Waals surface area (Å²) >= 11 is 1.52. The van der Waals surface area contributed by atoms with Crippen LogP contribution in [0, 0.1) is 5.82 Å². The quantitative estimate of drug-likeness (QED) is 0.869. The van der Waals surface area contributed by atoms with Crippen molar-refractivity contribution in [2.75, 3.05) is 11.1 Å². The van der Waals surface area contributed by atoms with Crippen LogP contribution in [0.25, 0.3) is 0 Å². The summed E-state index contributed by atoms with van der Waals surface area (Å²) in [6.45, 7) is 0. The average Bonchev–Trinajstić information content (AvgIpc) is 3.15. The third-order valence-electron chi connectivity index (χ3n) is 4.40. The molecule has 0 radical (unpaired) electrons. The highest BCUT2D eigenvalue weighted by atomic mass is 32.2. The SMILES string of the molecule is O=C(CC1CSc2nc3c(c(=O)n21)CCC3)Nc1cccc(F)c1. The van der Waals surface area contributed by atoms with Gasteiger partial charge in [0.05, 0.1) is 11.7 Å². The van der Waals surface area contributed by atoms with Crippen molar-refractivity contribution in [3.63, 3.8) is 0 Å². The zero-order valence-corrected chi connectivity index (χ0v) is 13.7. The predicted molar refractivity (Wildman–Crippen MR) is 89.9 cm³/mol. The number of rotatable bonds is 3. The number of anilines is 1. The molecule has 5 nitrogen and oxygen atoms in total. The second-order valence-corrected chi connectivity index (χ2v) is 7.06. The zero-order valence-electron chi connectivity index (χ0n) is 12.9. The first-order valence-corrected chi connectivity index (χ1v) is 8.93. The van der Waals surface area contributed by atoms with E-state index in [0.717, 1.165) is 30.5 Å². The number of carbonyl (C=O) groups excluding carboxylic acids is 1. The summed E-state index contributed by atoms with van der Waals surface area (Å²) in [6, 6.07) is 5.58. The molecular formula is C17H16FN3O2S. The van der Waals surface area contributed by atoms with E-state index in [4.69, 9.17) is 0 Å². The van der Waals surface area contributed by atoms with E-state index < -0.39 is 5.82 Å². The molecule has 1 atom stereocenters. The van der Waals surface area contributed by atoms with Crippen molar-refractivity contribution < 1.29 is 9.18 Å². The van der Waals surface area contributed by atoms with E-state index in [0.29, 0.717) is 16.6 Å². The molecule has 2 heterocycles. The molecule has 0 saturated heterocycles. The summed E-state index contributed by atoms with van der Waals surface area (Å²) < 4.78 is 14.9. The van der Waals surface area contributed by atoms with Gasteiger partial charge in [-0.1, -0.05) is 17.8 Å². The second kappa shape index (κ2) is 6.05. The molecule has 124 valence electrons. The van der Waals surface area contributed by atoms with E-state index in [9.17, 15) is 14.0 Å². The molecule has 1 amide bonds. The molecule has 1 aromatic carbocycles. The molecule has 1 unspecified atom stereocenters. The Balaban J connectivity index is 1.54. The maximum atomic E-state index is 13.2. The lowest BCUT2D eigenvalue weighted by molar-refractivity contribution is -0.116. The molecular weight excluding hydrogens is 329 g/mol. The first-order chi connectivity index (χ1) is 11.6. The van der Waals surface area contributed by atoms with E-state index in [1.807, 2.05) is 0 Å². The van der Waals surface area contributed by atoms with Crippen LogP contribution in [0.2, 0.25) is 0 Å². The van der Waals surface area contributed by atoms with Crippen LogP contribution in [-0.4, -0.2) is 21.2 Å². The highest BCUT2D eigenvalue weighted by Crippen LogP contribution is 2.34. The number of halogens is 1. The lowest BCUT2D eigenvalue weighted by atomic mass is 10.2. The number of fused-ring (bicyclic) bond motifs is 2. The highest BCUT2D eigenvalue weighted by molar-refractivity contribution is 7.99. The first kappa shape index (κ1) is 15.4. The van der Waals surface area contributed by atoms with Crippen LogP contribution >= 0.6 is 11.8 Å². The lowest BCUT2D eigenvalue weighted by Gasteiger charge is -2.14. The number of nitrogens with zero attached hydrogens (tertiary/aromatic N) is 2. The average molecular weight is 345 g/mol.